The summed E-state index contributed by atoms with van der Waals surface area (Å²) in [5.74, 6) is -3.43. The van der Waals surface area contributed by atoms with E-state index in [1.807, 2.05) is 44.2 Å². The summed E-state index contributed by atoms with van der Waals surface area (Å²) >= 11 is 0. The third kappa shape index (κ3) is 7.33. The molecule has 4 rings (SSSR count). The van der Waals surface area contributed by atoms with E-state index in [2.05, 4.69) is 25.4 Å². The standard InChI is InChI=1S/C37H53N3O7/c1-7-10-15-22-39(21-9-3)35(44)33-37-20-19-28(47-37)30(31(37)34(43)40(33)27(23-41)24(4)5)36(45)46-32(26-16-13-12-14-17-26)25(6)38-29(42)18-11-8-2/h8-9,12-14,16-17,24-25,27-28,30-33,41H,2-3,7,10-11,15,18-23H2,1,4-6H3,(H,38,42)/t25-,27+,28-,30+,31+,32-,33-,37+/m1/s1. The van der Waals surface area contributed by atoms with Crippen LogP contribution in [-0.4, -0.2) is 88.1 Å². The lowest BCUT2D eigenvalue weighted by molar-refractivity contribution is -0.163. The summed E-state index contributed by atoms with van der Waals surface area (Å²) in [5.41, 5.74) is -0.516. The lowest BCUT2D eigenvalue weighted by atomic mass is 9.70. The van der Waals surface area contributed by atoms with Crippen molar-refractivity contribution in [2.24, 2.45) is 17.8 Å². The predicted molar refractivity (Wildman–Crippen MR) is 179 cm³/mol. The van der Waals surface area contributed by atoms with Crippen molar-refractivity contribution in [1.82, 2.24) is 15.1 Å². The molecular formula is C37H53N3O7. The van der Waals surface area contributed by atoms with Gasteiger partial charge in [-0.1, -0.05) is 76.1 Å². The SMILES string of the molecule is C=CCCC(=O)N[C@H](C)[C@@H](OC(=O)[C@@H]1[C@H]2C(=O)N([C@@H](CO)C(C)C)[C@H](C(=O)N(CC=C)CCCCC)[C@]23CC[C@H]1O3)c1ccccc1. The molecule has 8 atom stereocenters. The summed E-state index contributed by atoms with van der Waals surface area (Å²) in [4.78, 5) is 59.2. The van der Waals surface area contributed by atoms with Crippen molar-refractivity contribution in [3.8, 4) is 0 Å². The monoisotopic (exact) mass is 651 g/mol. The fourth-order valence-electron chi connectivity index (χ4n) is 7.73. The molecule has 258 valence electrons. The molecule has 0 unspecified atom stereocenters. The summed E-state index contributed by atoms with van der Waals surface area (Å²) in [5, 5.41) is 13.5. The van der Waals surface area contributed by atoms with Crippen molar-refractivity contribution < 1.29 is 33.8 Å². The van der Waals surface area contributed by atoms with Crippen LogP contribution in [0.15, 0.2) is 55.6 Å². The second kappa shape index (κ2) is 16.1. The van der Waals surface area contributed by atoms with Gasteiger partial charge in [0.25, 0.3) is 0 Å². The van der Waals surface area contributed by atoms with Crippen LogP contribution in [0.5, 0.6) is 0 Å². The molecule has 0 radical (unpaired) electrons. The van der Waals surface area contributed by atoms with Crippen LogP contribution in [-0.2, 0) is 28.7 Å². The maximum atomic E-state index is 14.6. The number of nitrogens with one attached hydrogen (secondary N) is 1. The molecule has 0 saturated carbocycles. The van der Waals surface area contributed by atoms with E-state index in [0.29, 0.717) is 37.9 Å². The maximum absolute atomic E-state index is 14.6. The van der Waals surface area contributed by atoms with E-state index in [9.17, 15) is 24.3 Å². The van der Waals surface area contributed by atoms with Crippen LogP contribution in [0.25, 0.3) is 0 Å². The molecule has 3 amide bonds. The number of unbranched alkanes of at least 4 members (excludes halogenated alkanes) is 2. The Bertz CT molecular complexity index is 1290. The van der Waals surface area contributed by atoms with Gasteiger partial charge in [0.2, 0.25) is 17.7 Å². The first kappa shape index (κ1) is 36.3. The van der Waals surface area contributed by atoms with Gasteiger partial charge >= 0.3 is 5.97 Å². The number of hydrogen-bond donors (Lipinski definition) is 2. The Kier molecular flexibility index (Phi) is 12.4. The second-order valence-electron chi connectivity index (χ2n) is 13.5. The van der Waals surface area contributed by atoms with Crippen LogP contribution >= 0.6 is 0 Å². The summed E-state index contributed by atoms with van der Waals surface area (Å²) in [7, 11) is 0. The first-order chi connectivity index (χ1) is 22.6. The number of aliphatic hydroxyl groups excluding tert-OH is 1. The lowest BCUT2D eigenvalue weighted by Crippen LogP contribution is -2.59. The molecule has 3 aliphatic rings. The molecule has 0 aliphatic carbocycles. The van der Waals surface area contributed by atoms with Crippen molar-refractivity contribution >= 4 is 23.7 Å². The predicted octanol–water partition coefficient (Wildman–Crippen LogP) is 4.34. The van der Waals surface area contributed by atoms with Gasteiger partial charge in [-0.25, -0.2) is 0 Å². The number of likely N-dealkylation sites (tertiary alicyclic amines) is 1. The highest BCUT2D eigenvalue weighted by molar-refractivity contribution is 5.98. The third-order valence-electron chi connectivity index (χ3n) is 10.0. The van der Waals surface area contributed by atoms with Gasteiger partial charge in [0.05, 0.1) is 36.6 Å². The Morgan fingerprint density at radius 1 is 1.17 bits per heavy atom. The first-order valence-corrected chi connectivity index (χ1v) is 17.2. The Hall–Kier alpha value is -3.50. The molecule has 1 aromatic carbocycles. The van der Waals surface area contributed by atoms with Gasteiger partial charge in [0, 0.05) is 19.5 Å². The molecule has 47 heavy (non-hydrogen) atoms. The zero-order valence-corrected chi connectivity index (χ0v) is 28.4. The highest BCUT2D eigenvalue weighted by Crippen LogP contribution is 2.59. The number of carbonyl (C=O) groups is 4. The zero-order chi connectivity index (χ0) is 34.3. The van der Waals surface area contributed by atoms with E-state index >= 15 is 0 Å². The molecule has 10 nitrogen and oxygen atoms in total. The van der Waals surface area contributed by atoms with Crippen LogP contribution in [0.4, 0.5) is 0 Å². The molecular weight excluding hydrogens is 598 g/mol. The van der Waals surface area contributed by atoms with Crippen LogP contribution in [0.1, 0.15) is 84.3 Å². The van der Waals surface area contributed by atoms with Gasteiger partial charge in [-0.05, 0) is 44.1 Å². The molecule has 2 bridgehead atoms. The highest BCUT2D eigenvalue weighted by Gasteiger charge is 2.75. The summed E-state index contributed by atoms with van der Waals surface area (Å²) < 4.78 is 12.9. The number of nitrogens with zero attached hydrogens (tertiary/aromatic N) is 2. The molecule has 1 aromatic rings. The number of ether oxygens (including phenoxy) is 2. The van der Waals surface area contributed by atoms with Gasteiger partial charge in [-0.3, -0.25) is 19.2 Å². The van der Waals surface area contributed by atoms with Crippen molar-refractivity contribution in [2.75, 3.05) is 19.7 Å². The van der Waals surface area contributed by atoms with Gasteiger partial charge < -0.3 is 29.7 Å². The molecule has 3 aliphatic heterocycles. The Balaban J connectivity index is 1.69. The normalized spacial score (nSPS) is 26.4. The van der Waals surface area contributed by atoms with Gasteiger partial charge in [0.15, 0.2) is 0 Å². The van der Waals surface area contributed by atoms with Gasteiger partial charge in [0.1, 0.15) is 17.7 Å². The van der Waals surface area contributed by atoms with E-state index in [1.165, 1.54) is 4.90 Å². The van der Waals surface area contributed by atoms with Crippen LogP contribution in [0, 0.1) is 17.8 Å². The molecule has 3 fully saturated rings. The first-order valence-electron chi connectivity index (χ1n) is 17.2. The number of allylic oxidation sites excluding steroid dienone is 1. The molecule has 3 saturated heterocycles. The summed E-state index contributed by atoms with van der Waals surface area (Å²) in [6.45, 7) is 15.7. The highest BCUT2D eigenvalue weighted by atomic mass is 16.6. The molecule has 1 spiro atoms. The van der Waals surface area contributed by atoms with E-state index in [1.54, 1.807) is 24.0 Å². The minimum atomic E-state index is -1.22. The van der Waals surface area contributed by atoms with E-state index < -0.39 is 53.7 Å². The average Bonchev–Trinajstić information content (AvgIpc) is 3.70. The third-order valence-corrected chi connectivity index (χ3v) is 10.0. The van der Waals surface area contributed by atoms with Crippen LogP contribution < -0.4 is 5.32 Å². The fourth-order valence-corrected chi connectivity index (χ4v) is 7.73. The minimum Gasteiger partial charge on any atom is -0.455 e. The lowest BCUT2D eigenvalue weighted by Gasteiger charge is -2.40. The Morgan fingerprint density at radius 2 is 1.89 bits per heavy atom. The van der Waals surface area contributed by atoms with Gasteiger partial charge in [-0.15, -0.1) is 13.2 Å². The Morgan fingerprint density at radius 3 is 2.51 bits per heavy atom. The number of carbonyl (C=O) groups excluding carboxylic acids is 4. The number of esters is 1. The second-order valence-corrected chi connectivity index (χ2v) is 13.5. The molecule has 10 heteroatoms. The number of hydrogen-bond acceptors (Lipinski definition) is 7. The number of rotatable bonds is 18. The average molecular weight is 652 g/mol. The number of fused-ring (bicyclic) bond motifs is 1. The summed E-state index contributed by atoms with van der Waals surface area (Å²) in [6.07, 6.45) is 6.40. The largest absolute Gasteiger partial charge is 0.455 e. The fraction of sp³-hybridized carbons (Fsp3) is 0.622. The van der Waals surface area contributed by atoms with Crippen molar-refractivity contribution in [2.45, 2.75) is 109 Å². The number of amides is 3. The maximum Gasteiger partial charge on any atom is 0.313 e. The van der Waals surface area contributed by atoms with E-state index in [4.69, 9.17) is 9.47 Å². The number of benzene rings is 1. The van der Waals surface area contributed by atoms with Crippen molar-refractivity contribution in [3.63, 3.8) is 0 Å². The van der Waals surface area contributed by atoms with E-state index in [0.717, 1.165) is 19.3 Å². The van der Waals surface area contributed by atoms with Crippen molar-refractivity contribution in [1.29, 1.82) is 0 Å². The summed E-state index contributed by atoms with van der Waals surface area (Å²) in [6, 6.07) is 7.01. The van der Waals surface area contributed by atoms with Gasteiger partial charge in [-0.2, -0.15) is 0 Å². The van der Waals surface area contributed by atoms with E-state index in [-0.39, 0.29) is 36.7 Å². The zero-order valence-electron chi connectivity index (χ0n) is 28.4. The topological polar surface area (TPSA) is 125 Å². The molecule has 3 heterocycles. The van der Waals surface area contributed by atoms with Crippen molar-refractivity contribution in [3.05, 3.63) is 61.2 Å². The number of aliphatic hydroxyl groups is 1. The minimum absolute atomic E-state index is 0.155. The molecule has 2 N–H and O–H groups in total. The molecule has 0 aromatic heterocycles. The Labute approximate surface area is 279 Å². The van der Waals surface area contributed by atoms with Crippen LogP contribution in [0.3, 0.4) is 0 Å². The quantitative estimate of drug-likeness (QED) is 0.138. The van der Waals surface area contributed by atoms with Crippen LogP contribution in [0.2, 0.25) is 0 Å². The smallest absolute Gasteiger partial charge is 0.313 e.